The molecule has 0 amide bonds. The van der Waals surface area contributed by atoms with Gasteiger partial charge in [-0.15, -0.1) is 0 Å². The Bertz CT molecular complexity index is 316. The van der Waals surface area contributed by atoms with Crippen LogP contribution in [0.5, 0.6) is 0 Å². The van der Waals surface area contributed by atoms with E-state index in [1.54, 1.807) is 0 Å². The zero-order chi connectivity index (χ0) is 10.1. The van der Waals surface area contributed by atoms with Crippen molar-refractivity contribution in [1.29, 1.82) is 5.26 Å². The van der Waals surface area contributed by atoms with E-state index in [1.807, 2.05) is 6.07 Å². The average molecular weight is 236 g/mol. The molecule has 1 aliphatic rings. The first-order chi connectivity index (χ1) is 5.91. The first-order valence-electron chi connectivity index (χ1n) is 3.32. The number of alkyl halides is 3. The number of hydrogen-bond donors (Lipinski definition) is 0. The van der Waals surface area contributed by atoms with Crippen LogP contribution in [0.3, 0.4) is 0 Å². The Labute approximate surface area is 90.4 Å². The summed E-state index contributed by atoms with van der Waals surface area (Å²) in [7, 11) is 0. The number of carbonyl (C=O) groups is 1. The van der Waals surface area contributed by atoms with Gasteiger partial charge in [0.25, 0.3) is 0 Å². The molecule has 0 bridgehead atoms. The molecule has 0 atom stereocenters. The zero-order valence-corrected chi connectivity index (χ0v) is 8.57. The van der Waals surface area contributed by atoms with Crippen LogP contribution in [0.15, 0.2) is 24.3 Å². The van der Waals surface area contributed by atoms with Crippen LogP contribution in [0.1, 0.15) is 0 Å². The molecule has 0 aromatic heterocycles. The van der Waals surface area contributed by atoms with E-state index >= 15 is 0 Å². The minimum Gasteiger partial charge on any atom is -0.290 e. The molecule has 13 heavy (non-hydrogen) atoms. The molecule has 0 saturated carbocycles. The van der Waals surface area contributed by atoms with E-state index in [4.69, 9.17) is 40.1 Å². The number of rotatable bonds is 0. The molecule has 0 unspecified atom stereocenters. The van der Waals surface area contributed by atoms with Crippen LogP contribution < -0.4 is 0 Å². The van der Waals surface area contributed by atoms with Crippen molar-refractivity contribution in [2.45, 2.75) is 3.79 Å². The highest BCUT2D eigenvalue weighted by Crippen LogP contribution is 2.47. The summed E-state index contributed by atoms with van der Waals surface area (Å²) >= 11 is 16.8. The van der Waals surface area contributed by atoms with Gasteiger partial charge in [-0.1, -0.05) is 47.0 Å². The molecular formula is C8H4Cl3NO. The maximum Gasteiger partial charge on any atom is 0.215 e. The van der Waals surface area contributed by atoms with Crippen molar-refractivity contribution >= 4 is 40.6 Å². The molecule has 0 radical (unpaired) electrons. The first-order valence-corrected chi connectivity index (χ1v) is 4.45. The van der Waals surface area contributed by atoms with E-state index in [-0.39, 0.29) is 5.78 Å². The Balaban J connectivity index is 3.14. The van der Waals surface area contributed by atoms with Crippen molar-refractivity contribution in [3.8, 4) is 6.07 Å². The second kappa shape index (κ2) is 3.34. The van der Waals surface area contributed by atoms with E-state index in [0.29, 0.717) is 0 Å². The normalized spacial score (nSPS) is 20.0. The van der Waals surface area contributed by atoms with Crippen molar-refractivity contribution in [3.63, 3.8) is 0 Å². The molecule has 2 nitrogen and oxygen atoms in total. The van der Waals surface area contributed by atoms with Gasteiger partial charge in [0.15, 0.2) is 5.78 Å². The number of allylic oxidation sites excluding steroid dienone is 4. The van der Waals surface area contributed by atoms with E-state index in [0.717, 1.165) is 0 Å². The Morgan fingerprint density at radius 3 is 2.08 bits per heavy atom. The van der Waals surface area contributed by atoms with Gasteiger partial charge in [0.05, 0.1) is 6.07 Å². The molecule has 0 saturated heterocycles. The van der Waals surface area contributed by atoms with E-state index < -0.39 is 9.21 Å². The molecule has 0 aliphatic heterocycles. The summed E-state index contributed by atoms with van der Waals surface area (Å²) in [6.45, 7) is 0. The summed E-state index contributed by atoms with van der Waals surface area (Å²) in [4.78, 5) is 10.8. The van der Waals surface area contributed by atoms with Crippen LogP contribution in [0.2, 0.25) is 0 Å². The molecule has 5 heteroatoms. The van der Waals surface area contributed by atoms with Gasteiger partial charge in [-0.2, -0.15) is 5.26 Å². The lowest BCUT2D eigenvalue weighted by atomic mass is 9.87. The number of ketones is 1. The fourth-order valence-electron chi connectivity index (χ4n) is 0.865. The van der Waals surface area contributed by atoms with Crippen LogP contribution in [-0.2, 0) is 4.79 Å². The molecule has 1 aliphatic carbocycles. The number of carbonyl (C=O) groups excluding carboxylic acids is 1. The first kappa shape index (κ1) is 10.6. The van der Waals surface area contributed by atoms with E-state index in [1.165, 1.54) is 24.3 Å². The lowest BCUT2D eigenvalue weighted by Crippen LogP contribution is -2.31. The summed E-state index contributed by atoms with van der Waals surface area (Å²) in [6, 6.07) is 1.86. The second-order valence-electron chi connectivity index (χ2n) is 2.55. The van der Waals surface area contributed by atoms with Gasteiger partial charge in [0, 0.05) is 0 Å². The molecule has 0 aromatic carbocycles. The standard InChI is InChI=1S/C8H4Cl3NO/c9-8(10,11)7(5-12)3-1-6(13)2-4-7/h1-4H. The number of halogens is 3. The van der Waals surface area contributed by atoms with Crippen molar-refractivity contribution < 1.29 is 4.79 Å². The summed E-state index contributed by atoms with van der Waals surface area (Å²) in [5, 5.41) is 8.85. The second-order valence-corrected chi connectivity index (χ2v) is 4.83. The highest BCUT2D eigenvalue weighted by molar-refractivity contribution is 6.68. The van der Waals surface area contributed by atoms with Gasteiger partial charge in [0.1, 0.15) is 5.41 Å². The van der Waals surface area contributed by atoms with Crippen molar-refractivity contribution in [3.05, 3.63) is 24.3 Å². The van der Waals surface area contributed by atoms with Gasteiger partial charge in [-0.05, 0) is 12.2 Å². The summed E-state index contributed by atoms with van der Waals surface area (Å²) in [5.74, 6) is -0.222. The van der Waals surface area contributed by atoms with Gasteiger partial charge < -0.3 is 0 Å². The minimum absolute atomic E-state index is 0.222. The summed E-state index contributed by atoms with van der Waals surface area (Å²) < 4.78 is -1.77. The third-order valence-electron chi connectivity index (χ3n) is 1.68. The maximum atomic E-state index is 10.8. The topological polar surface area (TPSA) is 40.9 Å². The Morgan fingerprint density at radius 1 is 1.31 bits per heavy atom. The predicted molar refractivity (Wildman–Crippen MR) is 51.6 cm³/mol. The quantitative estimate of drug-likeness (QED) is 0.607. The fraction of sp³-hybridized carbons (Fsp3) is 0.250. The Morgan fingerprint density at radius 2 is 1.77 bits per heavy atom. The number of hydrogen-bond acceptors (Lipinski definition) is 2. The van der Waals surface area contributed by atoms with Crippen molar-refractivity contribution in [2.75, 3.05) is 0 Å². The lowest BCUT2D eigenvalue weighted by molar-refractivity contribution is -0.110. The molecule has 0 fully saturated rings. The van der Waals surface area contributed by atoms with E-state index in [2.05, 4.69) is 0 Å². The van der Waals surface area contributed by atoms with Crippen LogP contribution in [-0.4, -0.2) is 9.58 Å². The number of nitriles is 1. The molecule has 0 spiro atoms. The largest absolute Gasteiger partial charge is 0.290 e. The third kappa shape index (κ3) is 1.88. The molecule has 0 N–H and O–H groups in total. The highest BCUT2D eigenvalue weighted by atomic mass is 35.6. The Hall–Kier alpha value is -0.490. The summed E-state index contributed by atoms with van der Waals surface area (Å²) in [5.41, 5.74) is -1.34. The van der Waals surface area contributed by atoms with Crippen LogP contribution in [0.4, 0.5) is 0 Å². The van der Waals surface area contributed by atoms with Crippen molar-refractivity contribution in [2.24, 2.45) is 5.41 Å². The average Bonchev–Trinajstić information content (AvgIpc) is 2.04. The molecule has 1 rings (SSSR count). The molecule has 68 valence electrons. The van der Waals surface area contributed by atoms with Crippen LogP contribution in [0, 0.1) is 16.7 Å². The smallest absolute Gasteiger partial charge is 0.215 e. The highest BCUT2D eigenvalue weighted by Gasteiger charge is 2.46. The fourth-order valence-corrected chi connectivity index (χ4v) is 1.37. The molecular weight excluding hydrogens is 232 g/mol. The van der Waals surface area contributed by atoms with Crippen LogP contribution >= 0.6 is 34.8 Å². The molecule has 0 heterocycles. The minimum atomic E-state index is -1.77. The van der Waals surface area contributed by atoms with Gasteiger partial charge >= 0.3 is 0 Å². The SMILES string of the molecule is N#CC1(C(Cl)(Cl)Cl)C=CC(=O)C=C1. The van der Waals surface area contributed by atoms with Crippen molar-refractivity contribution in [1.82, 2.24) is 0 Å². The zero-order valence-electron chi connectivity index (χ0n) is 6.30. The lowest BCUT2D eigenvalue weighted by Gasteiger charge is -2.28. The maximum absolute atomic E-state index is 10.8. The van der Waals surface area contributed by atoms with Gasteiger partial charge in [-0.3, -0.25) is 4.79 Å². The Kier molecular flexibility index (Phi) is 2.72. The van der Waals surface area contributed by atoms with Crippen LogP contribution in [0.25, 0.3) is 0 Å². The monoisotopic (exact) mass is 235 g/mol. The summed E-state index contributed by atoms with van der Waals surface area (Å²) in [6.07, 6.45) is 5.01. The van der Waals surface area contributed by atoms with Gasteiger partial charge in [-0.25, -0.2) is 0 Å². The third-order valence-corrected chi connectivity index (χ3v) is 2.61. The number of nitrogens with zero attached hydrogens (tertiary/aromatic N) is 1. The molecule has 0 aromatic rings. The van der Waals surface area contributed by atoms with E-state index in [9.17, 15) is 4.79 Å². The predicted octanol–water partition coefficient (Wildman–Crippen LogP) is 2.56. The van der Waals surface area contributed by atoms with Gasteiger partial charge in [0.2, 0.25) is 3.79 Å².